The van der Waals surface area contributed by atoms with Crippen molar-refractivity contribution in [3.63, 3.8) is 0 Å². The molecule has 5 nitrogen and oxygen atoms in total. The first kappa shape index (κ1) is 24.9. The van der Waals surface area contributed by atoms with E-state index in [0.717, 1.165) is 5.56 Å². The first-order chi connectivity index (χ1) is 16.8. The van der Waals surface area contributed by atoms with Crippen LogP contribution in [0.15, 0.2) is 78.9 Å². The SMILES string of the molecule is CN(C)CCN(Cc1ccccc1)C(=O)c1cc(-c2ccccc2F)nn1-c1ccc(Cl)c(Cl)c1. The Hall–Kier alpha value is -3.19. The van der Waals surface area contributed by atoms with Crippen LogP contribution in [0.1, 0.15) is 16.1 Å². The number of aromatic nitrogens is 2. The van der Waals surface area contributed by atoms with E-state index in [9.17, 15) is 9.18 Å². The lowest BCUT2D eigenvalue weighted by atomic mass is 10.1. The maximum Gasteiger partial charge on any atom is 0.272 e. The fourth-order valence-electron chi connectivity index (χ4n) is 3.69. The van der Waals surface area contributed by atoms with Crippen molar-refractivity contribution in [2.75, 3.05) is 27.2 Å². The zero-order valence-electron chi connectivity index (χ0n) is 19.5. The van der Waals surface area contributed by atoms with E-state index in [2.05, 4.69) is 5.10 Å². The molecule has 4 aromatic rings. The summed E-state index contributed by atoms with van der Waals surface area (Å²) in [5.41, 5.74) is 2.52. The van der Waals surface area contributed by atoms with Crippen LogP contribution in [-0.4, -0.2) is 52.7 Å². The molecule has 0 fully saturated rings. The molecule has 0 aliphatic carbocycles. The third kappa shape index (κ3) is 5.90. The van der Waals surface area contributed by atoms with Gasteiger partial charge in [-0.2, -0.15) is 5.10 Å². The lowest BCUT2D eigenvalue weighted by Gasteiger charge is -2.25. The predicted octanol–water partition coefficient (Wildman–Crippen LogP) is 6.19. The summed E-state index contributed by atoms with van der Waals surface area (Å²) >= 11 is 12.4. The number of hydrogen-bond donors (Lipinski definition) is 0. The van der Waals surface area contributed by atoms with Crippen LogP contribution in [-0.2, 0) is 6.54 Å². The fraction of sp³-hybridized carbons (Fsp3) is 0.185. The van der Waals surface area contributed by atoms with Gasteiger partial charge in [0.05, 0.1) is 21.4 Å². The quantitative estimate of drug-likeness (QED) is 0.283. The highest BCUT2D eigenvalue weighted by atomic mass is 35.5. The van der Waals surface area contributed by atoms with Gasteiger partial charge in [0, 0.05) is 25.2 Å². The van der Waals surface area contributed by atoms with E-state index >= 15 is 0 Å². The topological polar surface area (TPSA) is 41.4 Å². The van der Waals surface area contributed by atoms with Crippen molar-refractivity contribution in [3.8, 4) is 16.9 Å². The van der Waals surface area contributed by atoms with Gasteiger partial charge < -0.3 is 9.80 Å². The van der Waals surface area contributed by atoms with Gasteiger partial charge in [-0.15, -0.1) is 0 Å². The minimum Gasteiger partial charge on any atom is -0.332 e. The molecule has 0 saturated carbocycles. The molecule has 1 amide bonds. The Bertz CT molecular complexity index is 1320. The third-order valence-corrected chi connectivity index (χ3v) is 6.29. The summed E-state index contributed by atoms with van der Waals surface area (Å²) < 4.78 is 16.1. The van der Waals surface area contributed by atoms with Crippen molar-refractivity contribution in [2.24, 2.45) is 0 Å². The molecular formula is C27H25Cl2FN4O. The molecule has 0 aliphatic rings. The van der Waals surface area contributed by atoms with Crippen molar-refractivity contribution in [1.29, 1.82) is 0 Å². The van der Waals surface area contributed by atoms with Gasteiger partial charge in [0.25, 0.3) is 5.91 Å². The molecular weight excluding hydrogens is 486 g/mol. The average Bonchev–Trinajstić information content (AvgIpc) is 3.29. The van der Waals surface area contributed by atoms with Crippen LogP contribution >= 0.6 is 23.2 Å². The van der Waals surface area contributed by atoms with Crippen molar-refractivity contribution in [2.45, 2.75) is 6.54 Å². The van der Waals surface area contributed by atoms with Crippen LogP contribution in [0.5, 0.6) is 0 Å². The lowest BCUT2D eigenvalue weighted by Crippen LogP contribution is -2.37. The summed E-state index contributed by atoms with van der Waals surface area (Å²) in [6.45, 7) is 1.61. The second kappa shape index (κ2) is 11.0. The second-order valence-electron chi connectivity index (χ2n) is 8.42. The Balaban J connectivity index is 1.80. The summed E-state index contributed by atoms with van der Waals surface area (Å²) in [5, 5.41) is 5.33. The predicted molar refractivity (Wildman–Crippen MR) is 139 cm³/mol. The van der Waals surface area contributed by atoms with Crippen LogP contribution in [0.25, 0.3) is 16.9 Å². The highest BCUT2D eigenvalue weighted by molar-refractivity contribution is 6.42. The van der Waals surface area contributed by atoms with E-state index < -0.39 is 5.82 Å². The van der Waals surface area contributed by atoms with E-state index in [1.165, 1.54) is 10.7 Å². The van der Waals surface area contributed by atoms with Gasteiger partial charge in [0.1, 0.15) is 11.5 Å². The van der Waals surface area contributed by atoms with Crippen LogP contribution in [0.3, 0.4) is 0 Å². The highest BCUT2D eigenvalue weighted by Crippen LogP contribution is 2.28. The number of benzene rings is 3. The van der Waals surface area contributed by atoms with Crippen LogP contribution in [0.2, 0.25) is 10.0 Å². The second-order valence-corrected chi connectivity index (χ2v) is 9.23. The molecule has 0 N–H and O–H groups in total. The maximum atomic E-state index is 14.6. The van der Waals surface area contributed by atoms with Crippen LogP contribution in [0.4, 0.5) is 4.39 Å². The Labute approximate surface area is 214 Å². The van der Waals surface area contributed by atoms with Gasteiger partial charge in [0.15, 0.2) is 0 Å². The van der Waals surface area contributed by atoms with E-state index in [0.29, 0.717) is 52.3 Å². The Morgan fingerprint density at radius 1 is 0.914 bits per heavy atom. The molecule has 0 aliphatic heterocycles. The fourth-order valence-corrected chi connectivity index (χ4v) is 3.98. The smallest absolute Gasteiger partial charge is 0.272 e. The van der Waals surface area contributed by atoms with Gasteiger partial charge in [0.2, 0.25) is 0 Å². The maximum absolute atomic E-state index is 14.6. The van der Waals surface area contributed by atoms with Gasteiger partial charge in [-0.05, 0) is 56.1 Å². The minimum atomic E-state index is -0.418. The summed E-state index contributed by atoms with van der Waals surface area (Å²) in [7, 11) is 3.92. The van der Waals surface area contributed by atoms with E-state index in [1.807, 2.05) is 49.3 Å². The number of hydrogen-bond acceptors (Lipinski definition) is 3. The number of halogens is 3. The molecule has 0 atom stereocenters. The monoisotopic (exact) mass is 510 g/mol. The average molecular weight is 511 g/mol. The lowest BCUT2D eigenvalue weighted by molar-refractivity contribution is 0.0722. The highest BCUT2D eigenvalue weighted by Gasteiger charge is 2.24. The molecule has 35 heavy (non-hydrogen) atoms. The molecule has 0 unspecified atom stereocenters. The molecule has 0 radical (unpaired) electrons. The third-order valence-electron chi connectivity index (χ3n) is 5.55. The Morgan fingerprint density at radius 2 is 1.63 bits per heavy atom. The van der Waals surface area contributed by atoms with Crippen molar-refractivity contribution in [1.82, 2.24) is 19.6 Å². The molecule has 0 spiro atoms. The molecule has 4 rings (SSSR count). The molecule has 3 aromatic carbocycles. The summed E-state index contributed by atoms with van der Waals surface area (Å²) in [4.78, 5) is 17.7. The van der Waals surface area contributed by atoms with Gasteiger partial charge in [-0.3, -0.25) is 4.79 Å². The normalized spacial score (nSPS) is 11.1. The first-order valence-corrected chi connectivity index (χ1v) is 11.9. The largest absolute Gasteiger partial charge is 0.332 e. The number of likely N-dealkylation sites (N-methyl/N-ethyl adjacent to an activating group) is 1. The van der Waals surface area contributed by atoms with Crippen molar-refractivity contribution >= 4 is 29.1 Å². The van der Waals surface area contributed by atoms with Crippen LogP contribution < -0.4 is 0 Å². The molecule has 1 heterocycles. The zero-order valence-corrected chi connectivity index (χ0v) is 21.0. The molecule has 0 bridgehead atoms. The van der Waals surface area contributed by atoms with Gasteiger partial charge in [-0.1, -0.05) is 65.7 Å². The van der Waals surface area contributed by atoms with E-state index in [4.69, 9.17) is 23.2 Å². The van der Waals surface area contributed by atoms with Crippen molar-refractivity contribution < 1.29 is 9.18 Å². The number of carbonyl (C=O) groups is 1. The summed E-state index contributed by atoms with van der Waals surface area (Å²) in [6.07, 6.45) is 0. The number of amides is 1. The number of nitrogens with zero attached hydrogens (tertiary/aromatic N) is 4. The number of carbonyl (C=O) groups excluding carboxylic acids is 1. The minimum absolute atomic E-state index is 0.225. The van der Waals surface area contributed by atoms with Gasteiger partial charge in [-0.25, -0.2) is 9.07 Å². The molecule has 8 heteroatoms. The molecule has 0 saturated heterocycles. The van der Waals surface area contributed by atoms with Crippen molar-refractivity contribution in [3.05, 3.63) is 106 Å². The zero-order chi connectivity index (χ0) is 24.9. The van der Waals surface area contributed by atoms with E-state index in [-0.39, 0.29) is 5.91 Å². The first-order valence-electron chi connectivity index (χ1n) is 11.1. The van der Waals surface area contributed by atoms with E-state index in [1.54, 1.807) is 47.4 Å². The van der Waals surface area contributed by atoms with Crippen LogP contribution in [0, 0.1) is 5.82 Å². The van der Waals surface area contributed by atoms with Gasteiger partial charge >= 0.3 is 0 Å². The summed E-state index contributed by atoms with van der Waals surface area (Å²) in [5.74, 6) is -0.643. The number of rotatable bonds is 8. The Kier molecular flexibility index (Phi) is 7.86. The Morgan fingerprint density at radius 3 is 2.31 bits per heavy atom. The standard InChI is InChI=1S/C27H25Cl2FN4O/c1-32(2)14-15-33(18-19-8-4-3-5-9-19)27(35)26-17-25(21-10-6-7-11-24(21)30)31-34(26)20-12-13-22(28)23(29)16-20/h3-13,16-17H,14-15,18H2,1-2H3. The molecule has 180 valence electrons. The molecule has 1 aromatic heterocycles. The summed E-state index contributed by atoms with van der Waals surface area (Å²) in [6, 6.07) is 22.8.